The number of nitrogens with zero attached hydrogens (tertiary/aromatic N) is 2. The summed E-state index contributed by atoms with van der Waals surface area (Å²) in [6.07, 6.45) is 2.53. The molecule has 0 aliphatic carbocycles. The zero-order valence-electron chi connectivity index (χ0n) is 12.1. The van der Waals surface area contributed by atoms with E-state index in [9.17, 15) is 4.79 Å². The molecule has 6 heteroatoms. The Morgan fingerprint density at radius 2 is 2.19 bits per heavy atom. The molecule has 0 fully saturated rings. The molecule has 0 aliphatic rings. The number of halogens is 1. The number of aromatic nitrogens is 2. The normalized spacial score (nSPS) is 10.6. The number of benzene rings is 1. The monoisotopic (exact) mass is 351 g/mol. The number of carbonyl (C=O) groups is 1. The van der Waals surface area contributed by atoms with E-state index in [1.165, 1.54) is 0 Å². The number of rotatable bonds is 6. The smallest absolute Gasteiger partial charge is 0.227 e. The summed E-state index contributed by atoms with van der Waals surface area (Å²) in [5, 5.41) is 6.73. The van der Waals surface area contributed by atoms with Crippen LogP contribution in [0.25, 0.3) is 0 Å². The van der Waals surface area contributed by atoms with Gasteiger partial charge in [0.05, 0.1) is 5.69 Å². The Morgan fingerprint density at radius 3 is 2.90 bits per heavy atom. The fourth-order valence-corrected chi connectivity index (χ4v) is 2.46. The Hall–Kier alpha value is -1.69. The fraction of sp³-hybridized carbons (Fsp3) is 0.400. The number of amides is 1. The third kappa shape index (κ3) is 4.67. The van der Waals surface area contributed by atoms with Gasteiger partial charge in [-0.2, -0.15) is 4.98 Å². The van der Waals surface area contributed by atoms with Gasteiger partial charge in [0.2, 0.25) is 11.8 Å². The quantitative estimate of drug-likeness (QED) is 0.861. The molecule has 0 saturated carbocycles. The van der Waals surface area contributed by atoms with Crippen LogP contribution >= 0.6 is 15.9 Å². The SMILES string of the molecule is CCCc1noc(CCC(=O)Nc2ccc(C)cc2Br)n1. The molecule has 0 unspecified atom stereocenters. The first-order valence-corrected chi connectivity index (χ1v) is 7.75. The predicted molar refractivity (Wildman–Crippen MR) is 84.1 cm³/mol. The standard InChI is InChI=1S/C15H18BrN3O2/c1-3-4-13-18-15(21-19-13)8-7-14(20)17-12-6-5-10(2)9-11(12)16/h5-6,9H,3-4,7-8H2,1-2H3,(H,17,20). The highest BCUT2D eigenvalue weighted by molar-refractivity contribution is 9.10. The van der Waals surface area contributed by atoms with Crippen molar-refractivity contribution in [1.29, 1.82) is 0 Å². The Bertz CT molecular complexity index is 625. The Balaban J connectivity index is 1.86. The molecule has 0 spiro atoms. The molecule has 0 saturated heterocycles. The van der Waals surface area contributed by atoms with Crippen molar-refractivity contribution in [2.75, 3.05) is 5.32 Å². The van der Waals surface area contributed by atoms with Crippen LogP contribution in [-0.4, -0.2) is 16.0 Å². The molecule has 5 nitrogen and oxygen atoms in total. The largest absolute Gasteiger partial charge is 0.339 e. The van der Waals surface area contributed by atoms with Gasteiger partial charge in [0, 0.05) is 23.7 Å². The van der Waals surface area contributed by atoms with Gasteiger partial charge in [-0.05, 0) is 47.0 Å². The van der Waals surface area contributed by atoms with Gasteiger partial charge < -0.3 is 9.84 Å². The maximum absolute atomic E-state index is 11.9. The molecule has 1 amide bonds. The first-order chi connectivity index (χ1) is 10.1. The Morgan fingerprint density at radius 1 is 1.38 bits per heavy atom. The number of hydrogen-bond donors (Lipinski definition) is 1. The second-order valence-corrected chi connectivity index (χ2v) is 5.74. The first-order valence-electron chi connectivity index (χ1n) is 6.96. The minimum absolute atomic E-state index is 0.0743. The van der Waals surface area contributed by atoms with Crippen molar-refractivity contribution in [1.82, 2.24) is 10.1 Å². The highest BCUT2D eigenvalue weighted by Crippen LogP contribution is 2.23. The number of carbonyl (C=O) groups excluding carboxylic acids is 1. The summed E-state index contributed by atoms with van der Waals surface area (Å²) in [5.41, 5.74) is 1.90. The predicted octanol–water partition coefficient (Wildman–Crippen LogP) is 3.66. The average molecular weight is 352 g/mol. The average Bonchev–Trinajstić information content (AvgIpc) is 2.88. The van der Waals surface area contributed by atoms with E-state index < -0.39 is 0 Å². The molecule has 2 rings (SSSR count). The molecule has 112 valence electrons. The minimum atomic E-state index is -0.0743. The van der Waals surface area contributed by atoms with E-state index >= 15 is 0 Å². The zero-order valence-corrected chi connectivity index (χ0v) is 13.7. The van der Waals surface area contributed by atoms with Gasteiger partial charge in [0.25, 0.3) is 0 Å². The summed E-state index contributed by atoms with van der Waals surface area (Å²) >= 11 is 3.44. The van der Waals surface area contributed by atoms with Gasteiger partial charge in [-0.25, -0.2) is 0 Å². The minimum Gasteiger partial charge on any atom is -0.339 e. The van der Waals surface area contributed by atoms with Crippen LogP contribution < -0.4 is 5.32 Å². The molecule has 1 aromatic heterocycles. The zero-order chi connectivity index (χ0) is 15.2. The molecule has 1 aromatic carbocycles. The van der Waals surface area contributed by atoms with Crippen molar-refractivity contribution in [2.45, 2.75) is 39.5 Å². The van der Waals surface area contributed by atoms with E-state index in [1.54, 1.807) is 0 Å². The lowest BCUT2D eigenvalue weighted by molar-refractivity contribution is -0.116. The van der Waals surface area contributed by atoms with Crippen molar-refractivity contribution in [3.63, 3.8) is 0 Å². The number of nitrogens with one attached hydrogen (secondary N) is 1. The number of hydrogen-bond acceptors (Lipinski definition) is 4. The van der Waals surface area contributed by atoms with E-state index in [-0.39, 0.29) is 5.91 Å². The third-order valence-corrected chi connectivity index (χ3v) is 3.60. The van der Waals surface area contributed by atoms with E-state index in [1.807, 2.05) is 25.1 Å². The highest BCUT2D eigenvalue weighted by atomic mass is 79.9. The van der Waals surface area contributed by atoms with Crippen LogP contribution in [0.15, 0.2) is 27.2 Å². The highest BCUT2D eigenvalue weighted by Gasteiger charge is 2.10. The lowest BCUT2D eigenvalue weighted by Crippen LogP contribution is -2.12. The van der Waals surface area contributed by atoms with Crippen LogP contribution in [0.4, 0.5) is 5.69 Å². The fourth-order valence-electron chi connectivity index (χ4n) is 1.87. The van der Waals surface area contributed by atoms with Gasteiger partial charge >= 0.3 is 0 Å². The van der Waals surface area contributed by atoms with Crippen LogP contribution in [0.2, 0.25) is 0 Å². The van der Waals surface area contributed by atoms with Crippen molar-refractivity contribution >= 4 is 27.5 Å². The summed E-state index contributed by atoms with van der Waals surface area (Å²) < 4.78 is 5.98. The Labute approximate surface area is 132 Å². The maximum atomic E-state index is 11.9. The molecule has 0 radical (unpaired) electrons. The molecule has 1 heterocycles. The van der Waals surface area contributed by atoms with Crippen LogP contribution in [0.5, 0.6) is 0 Å². The van der Waals surface area contributed by atoms with Crippen LogP contribution in [-0.2, 0) is 17.6 Å². The second-order valence-electron chi connectivity index (χ2n) is 4.89. The van der Waals surface area contributed by atoms with E-state index in [2.05, 4.69) is 38.3 Å². The molecule has 21 heavy (non-hydrogen) atoms. The molecular weight excluding hydrogens is 334 g/mol. The molecule has 0 aliphatic heterocycles. The van der Waals surface area contributed by atoms with Crippen molar-refractivity contribution in [3.05, 3.63) is 40.0 Å². The van der Waals surface area contributed by atoms with E-state index in [4.69, 9.17) is 4.52 Å². The lowest BCUT2D eigenvalue weighted by atomic mass is 10.2. The molecule has 0 bridgehead atoms. The molecule has 1 N–H and O–H groups in total. The molecule has 2 aromatic rings. The van der Waals surface area contributed by atoms with E-state index in [0.29, 0.717) is 24.6 Å². The summed E-state index contributed by atoms with van der Waals surface area (Å²) in [7, 11) is 0. The van der Waals surface area contributed by atoms with Crippen LogP contribution in [0, 0.1) is 6.92 Å². The van der Waals surface area contributed by atoms with Crippen LogP contribution in [0.1, 0.15) is 37.0 Å². The van der Waals surface area contributed by atoms with Gasteiger partial charge in [-0.3, -0.25) is 4.79 Å². The summed E-state index contributed by atoms with van der Waals surface area (Å²) in [6, 6.07) is 5.80. The van der Waals surface area contributed by atoms with Crippen LogP contribution in [0.3, 0.4) is 0 Å². The second kappa shape index (κ2) is 7.36. The topological polar surface area (TPSA) is 68.0 Å². The first kappa shape index (κ1) is 15.7. The Kier molecular flexibility index (Phi) is 5.50. The van der Waals surface area contributed by atoms with Gasteiger partial charge in [-0.15, -0.1) is 0 Å². The summed E-state index contributed by atoms with van der Waals surface area (Å²) in [4.78, 5) is 16.2. The van der Waals surface area contributed by atoms with Gasteiger partial charge in [0.1, 0.15) is 0 Å². The van der Waals surface area contributed by atoms with Crippen molar-refractivity contribution < 1.29 is 9.32 Å². The van der Waals surface area contributed by atoms with Gasteiger partial charge in [0.15, 0.2) is 5.82 Å². The van der Waals surface area contributed by atoms with E-state index in [0.717, 1.165) is 28.6 Å². The lowest BCUT2D eigenvalue weighted by Gasteiger charge is -2.07. The summed E-state index contributed by atoms with van der Waals surface area (Å²) in [5.74, 6) is 1.14. The number of anilines is 1. The third-order valence-electron chi connectivity index (χ3n) is 2.95. The number of aryl methyl sites for hydroxylation is 3. The van der Waals surface area contributed by atoms with Crippen molar-refractivity contribution in [2.24, 2.45) is 0 Å². The maximum Gasteiger partial charge on any atom is 0.227 e. The molecule has 0 atom stereocenters. The molecular formula is C15H18BrN3O2. The van der Waals surface area contributed by atoms with Crippen molar-refractivity contribution in [3.8, 4) is 0 Å². The summed E-state index contributed by atoms with van der Waals surface area (Å²) in [6.45, 7) is 4.06. The van der Waals surface area contributed by atoms with Gasteiger partial charge in [-0.1, -0.05) is 18.1 Å².